The maximum Gasteiger partial charge on any atom is 0.295 e. The number of carbonyl (C=O) groups is 2. The fraction of sp³-hybridized carbons (Fsp3) is 0.414. The number of Topliss-reactive ketones (excluding diaryl/α,β-unsaturated/α-hetero) is 1. The van der Waals surface area contributed by atoms with Gasteiger partial charge in [0.2, 0.25) is 0 Å². The molecule has 1 amide bonds. The zero-order valence-electron chi connectivity index (χ0n) is 22.1. The Bertz CT molecular complexity index is 1310. The Labute approximate surface area is 213 Å². The van der Waals surface area contributed by atoms with E-state index in [1.165, 1.54) is 0 Å². The van der Waals surface area contributed by atoms with Crippen molar-refractivity contribution in [2.24, 2.45) is 0 Å². The van der Waals surface area contributed by atoms with E-state index < -0.39 is 17.7 Å². The van der Waals surface area contributed by atoms with Crippen molar-refractivity contribution >= 4 is 23.1 Å². The maximum atomic E-state index is 13.4. The third kappa shape index (κ3) is 4.55. The minimum atomic E-state index is -0.678. The molecule has 1 unspecified atom stereocenters. The number of aryl methyl sites for hydroxylation is 1. The number of hydrogen-bond acceptors (Lipinski definition) is 5. The molecule has 0 aliphatic carbocycles. The first-order chi connectivity index (χ1) is 17.1. The van der Waals surface area contributed by atoms with Crippen LogP contribution >= 0.6 is 0 Å². The average Bonchev–Trinajstić information content (AvgIpc) is 3.32. The summed E-state index contributed by atoms with van der Waals surface area (Å²) in [6.45, 7) is 15.1. The number of aliphatic hydroxyl groups is 1. The number of likely N-dealkylation sites (N-methyl/N-ethyl adjacent to an activating group) is 1. The zero-order chi connectivity index (χ0) is 26.2. The number of nitrogens with zero attached hydrogens (tertiary/aromatic N) is 4. The molecule has 1 aromatic carbocycles. The first kappa shape index (κ1) is 25.6. The van der Waals surface area contributed by atoms with Crippen LogP contribution in [-0.2, 0) is 15.0 Å². The smallest absolute Gasteiger partial charge is 0.295 e. The molecule has 1 aliphatic rings. The monoisotopic (exact) mass is 488 g/mol. The molecule has 4 rings (SSSR count). The molecule has 0 spiro atoms. The second-order valence-corrected chi connectivity index (χ2v) is 10.4. The first-order valence-corrected chi connectivity index (χ1v) is 12.6. The summed E-state index contributed by atoms with van der Waals surface area (Å²) >= 11 is 0. The van der Waals surface area contributed by atoms with Crippen molar-refractivity contribution in [3.8, 4) is 0 Å². The molecule has 1 fully saturated rings. The summed E-state index contributed by atoms with van der Waals surface area (Å²) in [6.07, 6.45) is 1.80. The molecular weight excluding hydrogens is 452 g/mol. The van der Waals surface area contributed by atoms with Crippen LogP contribution in [0.1, 0.15) is 63.2 Å². The summed E-state index contributed by atoms with van der Waals surface area (Å²) in [5.74, 6) is -1.44. The summed E-state index contributed by atoms with van der Waals surface area (Å²) in [6, 6.07) is 12.9. The van der Waals surface area contributed by atoms with Crippen LogP contribution in [0.4, 0.5) is 0 Å². The van der Waals surface area contributed by atoms with Gasteiger partial charge in [-0.25, -0.2) is 4.98 Å². The molecule has 0 radical (unpaired) electrons. The number of imidazole rings is 1. The van der Waals surface area contributed by atoms with Crippen molar-refractivity contribution in [1.29, 1.82) is 0 Å². The number of likely N-dealkylation sites (tertiary alicyclic amines) is 1. The van der Waals surface area contributed by atoms with Crippen LogP contribution < -0.4 is 0 Å². The maximum absolute atomic E-state index is 13.4. The Balaban J connectivity index is 1.87. The number of aromatic nitrogens is 2. The van der Waals surface area contributed by atoms with Gasteiger partial charge in [-0.15, -0.1) is 0 Å². The molecule has 1 aliphatic heterocycles. The zero-order valence-corrected chi connectivity index (χ0v) is 22.1. The molecular formula is C29H36N4O3. The number of hydrogen-bond donors (Lipinski definition) is 1. The highest BCUT2D eigenvalue weighted by Gasteiger charge is 2.46. The highest BCUT2D eigenvalue weighted by atomic mass is 16.3. The van der Waals surface area contributed by atoms with E-state index in [9.17, 15) is 14.7 Å². The number of aliphatic hydroxyl groups excluding tert-OH is 1. The van der Waals surface area contributed by atoms with Gasteiger partial charge in [0.05, 0.1) is 17.3 Å². The van der Waals surface area contributed by atoms with Gasteiger partial charge in [-0.2, -0.15) is 0 Å². The van der Waals surface area contributed by atoms with Crippen molar-refractivity contribution in [3.05, 3.63) is 76.7 Å². The molecule has 190 valence electrons. The van der Waals surface area contributed by atoms with E-state index in [0.717, 1.165) is 24.2 Å². The van der Waals surface area contributed by atoms with Crippen LogP contribution in [0.25, 0.3) is 11.4 Å². The lowest BCUT2D eigenvalue weighted by molar-refractivity contribution is -0.140. The Morgan fingerprint density at radius 2 is 1.72 bits per heavy atom. The molecule has 36 heavy (non-hydrogen) atoms. The van der Waals surface area contributed by atoms with Crippen LogP contribution in [-0.4, -0.2) is 62.2 Å². The van der Waals surface area contributed by atoms with Crippen LogP contribution in [0.2, 0.25) is 0 Å². The summed E-state index contributed by atoms with van der Waals surface area (Å²) in [5, 5.41) is 11.6. The van der Waals surface area contributed by atoms with Crippen molar-refractivity contribution in [1.82, 2.24) is 19.2 Å². The van der Waals surface area contributed by atoms with Crippen molar-refractivity contribution in [2.75, 3.05) is 26.2 Å². The largest absolute Gasteiger partial charge is 0.505 e. The van der Waals surface area contributed by atoms with Gasteiger partial charge in [-0.05, 0) is 48.7 Å². The van der Waals surface area contributed by atoms with Gasteiger partial charge in [0.25, 0.3) is 11.7 Å². The van der Waals surface area contributed by atoms with Gasteiger partial charge in [0.15, 0.2) is 5.76 Å². The van der Waals surface area contributed by atoms with E-state index in [0.29, 0.717) is 30.1 Å². The predicted octanol–water partition coefficient (Wildman–Crippen LogP) is 4.70. The van der Waals surface area contributed by atoms with Crippen LogP contribution in [0, 0.1) is 6.92 Å². The summed E-state index contributed by atoms with van der Waals surface area (Å²) in [4.78, 5) is 35.1. The number of carbonyl (C=O) groups excluding carboxylic acids is 2. The molecule has 2 aromatic heterocycles. The molecule has 1 N–H and O–H groups in total. The highest BCUT2D eigenvalue weighted by molar-refractivity contribution is 6.46. The number of amides is 1. The summed E-state index contributed by atoms with van der Waals surface area (Å²) in [7, 11) is 0. The molecule has 3 heterocycles. The molecule has 3 aromatic rings. The van der Waals surface area contributed by atoms with Gasteiger partial charge >= 0.3 is 0 Å². The highest BCUT2D eigenvalue weighted by Crippen LogP contribution is 2.40. The number of rotatable bonds is 7. The number of fused-ring (bicyclic) bond motifs is 1. The van der Waals surface area contributed by atoms with Crippen molar-refractivity contribution in [3.63, 3.8) is 0 Å². The standard InChI is InChI=1S/C29H36N4O3/c1-7-31(8-2)17-18-33-25(20-12-14-21(15-13-20)29(4,5)6)23(27(35)28(33)36)26(34)24-19(3)30-22-11-9-10-16-32(22)24/h9-16,25,34H,7-8,17-18H2,1-6H3/b26-23+. The molecule has 7 nitrogen and oxygen atoms in total. The summed E-state index contributed by atoms with van der Waals surface area (Å²) in [5.41, 5.74) is 3.73. The van der Waals surface area contributed by atoms with Gasteiger partial charge in [-0.1, -0.05) is 65.0 Å². The Hall–Kier alpha value is -3.45. The second kappa shape index (κ2) is 9.90. The van der Waals surface area contributed by atoms with Crippen LogP contribution in [0.3, 0.4) is 0 Å². The Morgan fingerprint density at radius 1 is 1.06 bits per heavy atom. The number of ketones is 1. The summed E-state index contributed by atoms with van der Waals surface area (Å²) < 4.78 is 1.76. The quantitative estimate of drug-likeness (QED) is 0.296. The van der Waals surface area contributed by atoms with Crippen LogP contribution in [0.5, 0.6) is 0 Å². The molecule has 0 saturated carbocycles. The van der Waals surface area contributed by atoms with Gasteiger partial charge in [0, 0.05) is 19.3 Å². The third-order valence-corrected chi connectivity index (χ3v) is 7.11. The Kier molecular flexibility index (Phi) is 7.05. The van der Waals surface area contributed by atoms with E-state index >= 15 is 0 Å². The van der Waals surface area contributed by atoms with Gasteiger partial charge in [-0.3, -0.25) is 14.0 Å². The normalized spacial score (nSPS) is 18.1. The lowest BCUT2D eigenvalue weighted by Gasteiger charge is -2.28. The topological polar surface area (TPSA) is 78.2 Å². The van der Waals surface area contributed by atoms with Gasteiger partial charge < -0.3 is 14.9 Å². The number of pyridine rings is 1. The molecule has 1 atom stereocenters. The average molecular weight is 489 g/mol. The molecule has 1 saturated heterocycles. The van der Waals surface area contributed by atoms with Crippen LogP contribution in [0.15, 0.2) is 54.2 Å². The number of benzene rings is 1. The molecule has 7 heteroatoms. The van der Waals surface area contributed by atoms with E-state index in [2.05, 4.69) is 44.5 Å². The second-order valence-electron chi connectivity index (χ2n) is 10.4. The SMILES string of the molecule is CCN(CC)CCN1C(=O)C(=O)/C(=C(/O)c2c(C)nc3ccccn23)C1c1ccc(C(C)(C)C)cc1. The van der Waals surface area contributed by atoms with E-state index in [1.807, 2.05) is 42.5 Å². The van der Waals surface area contributed by atoms with E-state index in [4.69, 9.17) is 0 Å². The fourth-order valence-corrected chi connectivity index (χ4v) is 4.94. The van der Waals surface area contributed by atoms with Crippen molar-refractivity contribution < 1.29 is 14.7 Å². The van der Waals surface area contributed by atoms with Crippen molar-refractivity contribution in [2.45, 2.75) is 53.0 Å². The Morgan fingerprint density at radius 3 is 2.33 bits per heavy atom. The third-order valence-electron chi connectivity index (χ3n) is 7.11. The van der Waals surface area contributed by atoms with E-state index in [-0.39, 0.29) is 16.7 Å². The minimum Gasteiger partial charge on any atom is -0.505 e. The minimum absolute atomic E-state index is 0.0310. The lowest BCUT2D eigenvalue weighted by atomic mass is 9.85. The first-order valence-electron chi connectivity index (χ1n) is 12.6. The fourth-order valence-electron chi connectivity index (χ4n) is 4.94. The molecule has 0 bridgehead atoms. The van der Waals surface area contributed by atoms with Gasteiger partial charge in [0.1, 0.15) is 11.3 Å². The predicted molar refractivity (Wildman–Crippen MR) is 142 cm³/mol. The van der Waals surface area contributed by atoms with E-state index in [1.54, 1.807) is 22.4 Å². The lowest BCUT2D eigenvalue weighted by Crippen LogP contribution is -2.38.